The Morgan fingerprint density at radius 1 is 1.38 bits per heavy atom. The highest BCUT2D eigenvalue weighted by Gasteiger charge is 2.29. The van der Waals surface area contributed by atoms with Crippen molar-refractivity contribution in [3.63, 3.8) is 0 Å². The van der Waals surface area contributed by atoms with Crippen molar-refractivity contribution in [3.8, 4) is 0 Å². The lowest BCUT2D eigenvalue weighted by atomic mass is 9.92. The van der Waals surface area contributed by atoms with Crippen molar-refractivity contribution in [3.05, 3.63) is 0 Å². The molecular formula is C13H26N2O. The molecule has 0 saturated carbocycles. The van der Waals surface area contributed by atoms with Gasteiger partial charge < -0.3 is 5.32 Å². The molecule has 0 aromatic carbocycles. The molecule has 0 aromatic heterocycles. The average Bonchev–Trinajstić information content (AvgIpc) is 2.17. The number of amides is 1. The Morgan fingerprint density at radius 3 is 2.38 bits per heavy atom. The highest BCUT2D eigenvalue weighted by Crippen LogP contribution is 2.24. The molecule has 1 heterocycles. The van der Waals surface area contributed by atoms with E-state index in [0.29, 0.717) is 11.6 Å². The van der Waals surface area contributed by atoms with Gasteiger partial charge in [0.15, 0.2) is 0 Å². The van der Waals surface area contributed by atoms with Gasteiger partial charge >= 0.3 is 0 Å². The van der Waals surface area contributed by atoms with Crippen LogP contribution in [0.1, 0.15) is 53.4 Å². The molecule has 1 aliphatic heterocycles. The second-order valence-electron chi connectivity index (χ2n) is 5.52. The Bertz CT molecular complexity index is 230. The van der Waals surface area contributed by atoms with E-state index in [1.165, 1.54) is 12.8 Å². The van der Waals surface area contributed by atoms with Crippen LogP contribution in [-0.2, 0) is 4.79 Å². The molecule has 0 atom stereocenters. The molecule has 16 heavy (non-hydrogen) atoms. The minimum absolute atomic E-state index is 0.103. The average molecular weight is 226 g/mol. The summed E-state index contributed by atoms with van der Waals surface area (Å²) in [5, 5.41) is 3.02. The summed E-state index contributed by atoms with van der Waals surface area (Å²) >= 11 is 0. The lowest BCUT2D eigenvalue weighted by Gasteiger charge is -2.43. The van der Waals surface area contributed by atoms with Crippen LogP contribution < -0.4 is 5.32 Å². The molecule has 0 radical (unpaired) electrons. The van der Waals surface area contributed by atoms with Gasteiger partial charge in [-0.05, 0) is 33.1 Å². The Hall–Kier alpha value is -0.570. The van der Waals surface area contributed by atoms with Crippen LogP contribution in [0.4, 0.5) is 0 Å². The van der Waals surface area contributed by atoms with Gasteiger partial charge in [0.25, 0.3) is 0 Å². The normalized spacial score (nSPS) is 19.8. The number of rotatable bonds is 4. The molecule has 1 saturated heterocycles. The smallest absolute Gasteiger partial charge is 0.217 e. The molecular weight excluding hydrogens is 200 g/mol. The molecule has 1 amide bonds. The van der Waals surface area contributed by atoms with Crippen LogP contribution in [-0.4, -0.2) is 35.5 Å². The van der Waals surface area contributed by atoms with Crippen LogP contribution in [0, 0.1) is 0 Å². The summed E-state index contributed by atoms with van der Waals surface area (Å²) in [6.45, 7) is 10.7. The van der Waals surface area contributed by atoms with E-state index in [1.54, 1.807) is 6.92 Å². The number of likely N-dealkylation sites (tertiary alicyclic amines) is 1. The van der Waals surface area contributed by atoms with E-state index in [0.717, 1.165) is 25.9 Å². The first kappa shape index (κ1) is 13.5. The van der Waals surface area contributed by atoms with E-state index in [4.69, 9.17) is 0 Å². The lowest BCUT2D eigenvalue weighted by Crippen LogP contribution is -2.51. The molecule has 1 aliphatic rings. The minimum Gasteiger partial charge on any atom is -0.354 e. The quantitative estimate of drug-likeness (QED) is 0.797. The zero-order chi connectivity index (χ0) is 12.2. The van der Waals surface area contributed by atoms with Crippen LogP contribution in [0.5, 0.6) is 0 Å². The maximum Gasteiger partial charge on any atom is 0.217 e. The van der Waals surface area contributed by atoms with Gasteiger partial charge in [-0.25, -0.2) is 0 Å². The summed E-state index contributed by atoms with van der Waals surface area (Å²) in [6.07, 6.45) is 4.66. The molecule has 0 bridgehead atoms. The number of nitrogens with zero attached hydrogens (tertiary/aromatic N) is 1. The van der Waals surface area contributed by atoms with Crippen molar-refractivity contribution in [2.45, 2.75) is 65.0 Å². The van der Waals surface area contributed by atoms with Crippen molar-refractivity contribution in [1.29, 1.82) is 0 Å². The third-order valence-corrected chi connectivity index (χ3v) is 3.62. The maximum atomic E-state index is 11.0. The Kier molecular flexibility index (Phi) is 4.78. The summed E-state index contributed by atoms with van der Waals surface area (Å²) < 4.78 is 0. The van der Waals surface area contributed by atoms with E-state index in [1.807, 2.05) is 0 Å². The predicted octanol–water partition coefficient (Wildman–Crippen LogP) is 2.17. The molecule has 1 N–H and O–H groups in total. The fourth-order valence-corrected chi connectivity index (χ4v) is 2.69. The summed E-state index contributed by atoms with van der Waals surface area (Å²) in [5.41, 5.74) is 0.315. The summed E-state index contributed by atoms with van der Waals surface area (Å²) in [5.74, 6) is 0.103. The van der Waals surface area contributed by atoms with Gasteiger partial charge in [-0.3, -0.25) is 9.69 Å². The standard InChI is InChI=1S/C13H26N2O/c1-5-8-13(3,4)15-9-6-12(7-10-15)14-11(2)16/h12H,5-10H2,1-4H3,(H,14,16). The van der Waals surface area contributed by atoms with Crippen molar-refractivity contribution in [1.82, 2.24) is 10.2 Å². The fourth-order valence-electron chi connectivity index (χ4n) is 2.69. The van der Waals surface area contributed by atoms with Crippen LogP contribution in [0.15, 0.2) is 0 Å². The van der Waals surface area contributed by atoms with E-state index in [2.05, 4.69) is 31.0 Å². The first-order valence-electron chi connectivity index (χ1n) is 6.48. The molecule has 94 valence electrons. The van der Waals surface area contributed by atoms with Crippen LogP contribution in [0.25, 0.3) is 0 Å². The SMILES string of the molecule is CCCC(C)(C)N1CCC(NC(C)=O)CC1. The molecule has 3 heteroatoms. The zero-order valence-corrected chi connectivity index (χ0v) is 11.2. The maximum absolute atomic E-state index is 11.0. The first-order chi connectivity index (χ1) is 7.45. The Labute approximate surface area is 99.6 Å². The van der Waals surface area contributed by atoms with Crippen molar-refractivity contribution in [2.24, 2.45) is 0 Å². The van der Waals surface area contributed by atoms with E-state index >= 15 is 0 Å². The van der Waals surface area contributed by atoms with Gasteiger partial charge in [-0.2, -0.15) is 0 Å². The van der Waals surface area contributed by atoms with E-state index in [9.17, 15) is 4.79 Å². The second-order valence-corrected chi connectivity index (χ2v) is 5.52. The highest BCUT2D eigenvalue weighted by atomic mass is 16.1. The molecule has 3 nitrogen and oxygen atoms in total. The van der Waals surface area contributed by atoms with Crippen molar-refractivity contribution >= 4 is 5.91 Å². The number of nitrogens with one attached hydrogen (secondary N) is 1. The predicted molar refractivity (Wildman–Crippen MR) is 67.4 cm³/mol. The van der Waals surface area contributed by atoms with Gasteiger partial charge in [0, 0.05) is 31.6 Å². The van der Waals surface area contributed by atoms with Crippen LogP contribution in [0.2, 0.25) is 0 Å². The first-order valence-corrected chi connectivity index (χ1v) is 6.48. The van der Waals surface area contributed by atoms with Gasteiger partial charge in [0.05, 0.1) is 0 Å². The largest absolute Gasteiger partial charge is 0.354 e. The number of carbonyl (C=O) groups is 1. The van der Waals surface area contributed by atoms with E-state index < -0.39 is 0 Å². The van der Waals surface area contributed by atoms with Crippen LogP contribution in [0.3, 0.4) is 0 Å². The van der Waals surface area contributed by atoms with Gasteiger partial charge in [0.2, 0.25) is 5.91 Å². The monoisotopic (exact) mass is 226 g/mol. The molecule has 0 spiro atoms. The molecule has 1 rings (SSSR count). The number of carbonyl (C=O) groups excluding carboxylic acids is 1. The topological polar surface area (TPSA) is 32.3 Å². The number of hydrogen-bond donors (Lipinski definition) is 1. The van der Waals surface area contributed by atoms with Crippen molar-refractivity contribution in [2.75, 3.05) is 13.1 Å². The third-order valence-electron chi connectivity index (χ3n) is 3.62. The van der Waals surface area contributed by atoms with Crippen molar-refractivity contribution < 1.29 is 4.79 Å². The molecule has 1 fully saturated rings. The lowest BCUT2D eigenvalue weighted by molar-refractivity contribution is -0.120. The third kappa shape index (κ3) is 3.78. The van der Waals surface area contributed by atoms with Gasteiger partial charge in [-0.1, -0.05) is 13.3 Å². The highest BCUT2D eigenvalue weighted by molar-refractivity contribution is 5.73. The molecule has 0 aliphatic carbocycles. The van der Waals surface area contributed by atoms with Crippen LogP contribution >= 0.6 is 0 Å². The molecule has 0 aromatic rings. The number of hydrogen-bond acceptors (Lipinski definition) is 2. The minimum atomic E-state index is 0.103. The molecule has 0 unspecified atom stereocenters. The zero-order valence-electron chi connectivity index (χ0n) is 11.2. The number of piperidine rings is 1. The van der Waals surface area contributed by atoms with E-state index in [-0.39, 0.29) is 5.91 Å². The summed E-state index contributed by atoms with van der Waals surface area (Å²) in [4.78, 5) is 13.5. The Balaban J connectivity index is 2.39. The van der Waals surface area contributed by atoms with Gasteiger partial charge in [-0.15, -0.1) is 0 Å². The summed E-state index contributed by atoms with van der Waals surface area (Å²) in [6, 6.07) is 0.395. The fraction of sp³-hybridized carbons (Fsp3) is 0.923. The summed E-state index contributed by atoms with van der Waals surface area (Å²) in [7, 11) is 0. The Morgan fingerprint density at radius 2 is 1.94 bits per heavy atom. The second kappa shape index (κ2) is 5.67. The van der Waals surface area contributed by atoms with Gasteiger partial charge in [0.1, 0.15) is 0 Å².